The molecule has 1 aromatic heterocycles. The van der Waals surface area contributed by atoms with Crippen molar-refractivity contribution in [3.8, 4) is 17.4 Å². The van der Waals surface area contributed by atoms with Gasteiger partial charge in [-0.1, -0.05) is 6.07 Å². The quantitative estimate of drug-likeness (QED) is 0.881. The summed E-state index contributed by atoms with van der Waals surface area (Å²) in [5.74, 6) is 1.29. The van der Waals surface area contributed by atoms with Gasteiger partial charge in [0.15, 0.2) is 6.61 Å². The van der Waals surface area contributed by atoms with Crippen molar-refractivity contribution in [2.75, 3.05) is 26.1 Å². The molecule has 1 N–H and O–H groups in total. The molecule has 1 amide bonds. The number of benzene rings is 1. The van der Waals surface area contributed by atoms with E-state index >= 15 is 0 Å². The van der Waals surface area contributed by atoms with Crippen LogP contribution in [0.25, 0.3) is 0 Å². The molecule has 0 saturated heterocycles. The molecule has 0 saturated carbocycles. The maximum atomic E-state index is 11.8. The molecule has 0 aliphatic heterocycles. The number of anilines is 1. The number of ether oxygens (including phenoxy) is 3. The molecule has 0 radical (unpaired) electrons. The summed E-state index contributed by atoms with van der Waals surface area (Å²) in [5, 5.41) is 2.71. The first-order valence-electron chi connectivity index (χ1n) is 6.28. The minimum atomic E-state index is -0.295. The second-order valence-corrected chi connectivity index (χ2v) is 4.11. The fraction of sp³-hybridized carbons (Fsp3) is 0.200. The number of nitrogens with one attached hydrogen (secondary N) is 1. The Morgan fingerprint density at radius 1 is 1.14 bits per heavy atom. The first-order chi connectivity index (χ1) is 10.2. The topological polar surface area (TPSA) is 69.7 Å². The highest BCUT2D eigenvalue weighted by Gasteiger charge is 2.07. The van der Waals surface area contributed by atoms with Crippen molar-refractivity contribution >= 4 is 11.6 Å². The number of methoxy groups -OCH3 is 2. The SMILES string of the molecule is COc1cc(NC(=O)COc2ccccn2)cc(OC)c1. The van der Waals surface area contributed by atoms with Gasteiger partial charge in [0.05, 0.1) is 14.2 Å². The molecule has 0 bridgehead atoms. The van der Waals surface area contributed by atoms with Crippen LogP contribution in [0.15, 0.2) is 42.6 Å². The van der Waals surface area contributed by atoms with Crippen molar-refractivity contribution in [3.63, 3.8) is 0 Å². The van der Waals surface area contributed by atoms with E-state index in [1.165, 1.54) is 0 Å². The minimum absolute atomic E-state index is 0.128. The Labute approximate surface area is 122 Å². The monoisotopic (exact) mass is 288 g/mol. The lowest BCUT2D eigenvalue weighted by atomic mass is 10.2. The molecule has 6 nitrogen and oxygen atoms in total. The Balaban J connectivity index is 1.96. The lowest BCUT2D eigenvalue weighted by Gasteiger charge is -2.10. The van der Waals surface area contributed by atoms with Crippen LogP contribution < -0.4 is 19.5 Å². The zero-order valence-electron chi connectivity index (χ0n) is 11.8. The number of hydrogen-bond acceptors (Lipinski definition) is 5. The maximum Gasteiger partial charge on any atom is 0.262 e. The highest BCUT2D eigenvalue weighted by Crippen LogP contribution is 2.25. The van der Waals surface area contributed by atoms with Crippen molar-refractivity contribution in [1.82, 2.24) is 4.98 Å². The highest BCUT2D eigenvalue weighted by molar-refractivity contribution is 5.92. The van der Waals surface area contributed by atoms with Crippen LogP contribution in [-0.2, 0) is 4.79 Å². The third-order valence-corrected chi connectivity index (χ3v) is 2.62. The molecular weight excluding hydrogens is 272 g/mol. The van der Waals surface area contributed by atoms with Gasteiger partial charge in [-0.25, -0.2) is 4.98 Å². The molecule has 2 aromatic rings. The van der Waals surface area contributed by atoms with Gasteiger partial charge in [0, 0.05) is 36.1 Å². The molecule has 0 unspecified atom stereocenters. The van der Waals surface area contributed by atoms with Crippen LogP contribution in [0.3, 0.4) is 0 Å². The first-order valence-corrected chi connectivity index (χ1v) is 6.28. The summed E-state index contributed by atoms with van der Waals surface area (Å²) < 4.78 is 15.5. The summed E-state index contributed by atoms with van der Waals surface area (Å²) in [7, 11) is 3.09. The van der Waals surface area contributed by atoms with Crippen LogP contribution in [0.4, 0.5) is 5.69 Å². The van der Waals surface area contributed by atoms with Crippen molar-refractivity contribution in [1.29, 1.82) is 0 Å². The predicted molar refractivity (Wildman–Crippen MR) is 77.9 cm³/mol. The van der Waals surface area contributed by atoms with Gasteiger partial charge >= 0.3 is 0 Å². The molecule has 0 spiro atoms. The summed E-state index contributed by atoms with van der Waals surface area (Å²) in [6, 6.07) is 10.4. The summed E-state index contributed by atoms with van der Waals surface area (Å²) in [6.07, 6.45) is 1.60. The van der Waals surface area contributed by atoms with Crippen molar-refractivity contribution in [2.45, 2.75) is 0 Å². The second kappa shape index (κ2) is 7.14. The molecule has 2 rings (SSSR count). The Hall–Kier alpha value is -2.76. The highest BCUT2D eigenvalue weighted by atomic mass is 16.5. The van der Waals surface area contributed by atoms with Gasteiger partial charge in [0.1, 0.15) is 11.5 Å². The Kier molecular flexibility index (Phi) is 4.98. The van der Waals surface area contributed by atoms with Gasteiger partial charge in [-0.3, -0.25) is 4.79 Å². The second-order valence-electron chi connectivity index (χ2n) is 4.11. The van der Waals surface area contributed by atoms with E-state index in [0.29, 0.717) is 23.1 Å². The number of amides is 1. The average Bonchev–Trinajstić information content (AvgIpc) is 2.53. The Morgan fingerprint density at radius 3 is 2.43 bits per heavy atom. The fourth-order valence-corrected chi connectivity index (χ4v) is 1.65. The first kappa shape index (κ1) is 14.6. The van der Waals surface area contributed by atoms with E-state index in [-0.39, 0.29) is 12.5 Å². The fourth-order valence-electron chi connectivity index (χ4n) is 1.65. The largest absolute Gasteiger partial charge is 0.497 e. The molecule has 0 atom stereocenters. The van der Waals surface area contributed by atoms with Crippen LogP contribution >= 0.6 is 0 Å². The number of carbonyl (C=O) groups is 1. The molecule has 1 aromatic carbocycles. The lowest BCUT2D eigenvalue weighted by Crippen LogP contribution is -2.20. The number of carbonyl (C=O) groups excluding carboxylic acids is 1. The van der Waals surface area contributed by atoms with Crippen LogP contribution in [0, 0.1) is 0 Å². The van der Waals surface area contributed by atoms with E-state index < -0.39 is 0 Å². The van der Waals surface area contributed by atoms with Gasteiger partial charge in [-0.15, -0.1) is 0 Å². The Morgan fingerprint density at radius 2 is 1.86 bits per heavy atom. The van der Waals surface area contributed by atoms with Gasteiger partial charge in [-0.2, -0.15) is 0 Å². The van der Waals surface area contributed by atoms with Crippen molar-refractivity contribution in [2.24, 2.45) is 0 Å². The van der Waals surface area contributed by atoms with E-state index in [9.17, 15) is 4.79 Å². The number of aromatic nitrogens is 1. The van der Waals surface area contributed by atoms with Gasteiger partial charge in [-0.05, 0) is 6.07 Å². The van der Waals surface area contributed by atoms with Crippen molar-refractivity contribution in [3.05, 3.63) is 42.6 Å². The van der Waals surface area contributed by atoms with Crippen LogP contribution in [-0.4, -0.2) is 31.7 Å². The van der Waals surface area contributed by atoms with Crippen LogP contribution in [0.2, 0.25) is 0 Å². The molecule has 0 aliphatic rings. The molecule has 0 fully saturated rings. The van der Waals surface area contributed by atoms with E-state index in [0.717, 1.165) is 0 Å². The Bertz CT molecular complexity index is 580. The summed E-state index contributed by atoms with van der Waals surface area (Å²) in [6.45, 7) is -0.128. The maximum absolute atomic E-state index is 11.8. The predicted octanol–water partition coefficient (Wildman–Crippen LogP) is 2.12. The number of hydrogen-bond donors (Lipinski definition) is 1. The molecule has 21 heavy (non-hydrogen) atoms. The van der Waals surface area contributed by atoms with Crippen LogP contribution in [0.5, 0.6) is 17.4 Å². The average molecular weight is 288 g/mol. The zero-order valence-corrected chi connectivity index (χ0v) is 11.8. The zero-order chi connectivity index (χ0) is 15.1. The summed E-state index contributed by atoms with van der Waals surface area (Å²) in [5.41, 5.74) is 0.570. The molecule has 6 heteroatoms. The molecule has 1 heterocycles. The summed E-state index contributed by atoms with van der Waals surface area (Å²) in [4.78, 5) is 15.8. The van der Waals surface area contributed by atoms with Gasteiger partial charge in [0.25, 0.3) is 5.91 Å². The number of rotatable bonds is 6. The van der Waals surface area contributed by atoms with Gasteiger partial charge in [0.2, 0.25) is 5.88 Å². The molecule has 110 valence electrons. The molecule has 0 aliphatic carbocycles. The van der Waals surface area contributed by atoms with E-state index in [1.807, 2.05) is 0 Å². The van der Waals surface area contributed by atoms with Crippen molar-refractivity contribution < 1.29 is 19.0 Å². The third kappa shape index (κ3) is 4.38. The third-order valence-electron chi connectivity index (χ3n) is 2.62. The normalized spacial score (nSPS) is 9.81. The van der Waals surface area contributed by atoms with E-state index in [2.05, 4.69) is 10.3 Å². The number of nitrogens with zero attached hydrogens (tertiary/aromatic N) is 1. The lowest BCUT2D eigenvalue weighted by molar-refractivity contribution is -0.118. The standard InChI is InChI=1S/C15H16N2O4/c1-19-12-7-11(8-13(9-12)20-2)17-14(18)10-21-15-5-3-4-6-16-15/h3-9H,10H2,1-2H3,(H,17,18). The summed E-state index contributed by atoms with van der Waals surface area (Å²) >= 11 is 0. The van der Waals surface area contributed by atoms with Crippen LogP contribution in [0.1, 0.15) is 0 Å². The number of pyridine rings is 1. The van der Waals surface area contributed by atoms with E-state index in [4.69, 9.17) is 14.2 Å². The minimum Gasteiger partial charge on any atom is -0.497 e. The molecular formula is C15H16N2O4. The van der Waals surface area contributed by atoms with Gasteiger partial charge < -0.3 is 19.5 Å². The smallest absolute Gasteiger partial charge is 0.262 e. The van der Waals surface area contributed by atoms with E-state index in [1.54, 1.807) is 56.8 Å².